The van der Waals surface area contributed by atoms with Crippen molar-refractivity contribution in [1.29, 1.82) is 0 Å². The van der Waals surface area contributed by atoms with E-state index in [9.17, 15) is 14.4 Å². The van der Waals surface area contributed by atoms with Crippen molar-refractivity contribution in [3.05, 3.63) is 26.9 Å². The maximum absolute atomic E-state index is 12.1. The second-order valence-corrected chi connectivity index (χ2v) is 5.82. The molecule has 0 unspecified atom stereocenters. The zero-order valence-electron chi connectivity index (χ0n) is 13.5. The molecule has 0 saturated carbocycles. The van der Waals surface area contributed by atoms with E-state index < -0.39 is 0 Å². The summed E-state index contributed by atoms with van der Waals surface area (Å²) in [5.41, 5.74) is -0.671. The molecule has 122 valence electrons. The molecule has 0 radical (unpaired) electrons. The monoisotopic (exact) mass is 308 g/mol. The highest BCUT2D eigenvalue weighted by Gasteiger charge is 2.27. The molecule has 2 rings (SSSR count). The molecule has 0 aliphatic carbocycles. The van der Waals surface area contributed by atoms with E-state index in [1.165, 1.54) is 17.7 Å². The molecule has 7 heteroatoms. The quantitative estimate of drug-likeness (QED) is 0.837. The van der Waals surface area contributed by atoms with Crippen molar-refractivity contribution in [2.45, 2.75) is 26.2 Å². The van der Waals surface area contributed by atoms with Crippen LogP contribution in [0.2, 0.25) is 0 Å². The summed E-state index contributed by atoms with van der Waals surface area (Å²) < 4.78 is 2.55. The molecule has 1 fully saturated rings. The third-order valence-corrected chi connectivity index (χ3v) is 4.17. The maximum atomic E-state index is 12.1. The van der Waals surface area contributed by atoms with Crippen LogP contribution in [0.4, 0.5) is 5.82 Å². The highest BCUT2D eigenvalue weighted by atomic mass is 16.2. The standard InChI is InChI=1S/C15H24N4O3/c1-4-7-16-14(21)11-6-5-8-19(10-11)12-9-13(20)18(3)15(22)17(12)2/h9,11H,4-8,10H2,1-3H3,(H,16,21)/t11-/m1/s1. The van der Waals surface area contributed by atoms with Crippen molar-refractivity contribution in [1.82, 2.24) is 14.5 Å². The van der Waals surface area contributed by atoms with Gasteiger partial charge in [-0.25, -0.2) is 4.79 Å². The SMILES string of the molecule is CCCNC(=O)[C@@H]1CCCN(c2cc(=O)n(C)c(=O)n2C)C1. The van der Waals surface area contributed by atoms with Gasteiger partial charge < -0.3 is 10.2 Å². The van der Waals surface area contributed by atoms with Crippen LogP contribution in [0.1, 0.15) is 26.2 Å². The van der Waals surface area contributed by atoms with E-state index in [0.29, 0.717) is 18.9 Å². The average molecular weight is 308 g/mol. The fourth-order valence-corrected chi connectivity index (χ4v) is 2.82. The zero-order valence-corrected chi connectivity index (χ0v) is 13.5. The third kappa shape index (κ3) is 3.23. The first-order valence-electron chi connectivity index (χ1n) is 7.75. The molecular weight excluding hydrogens is 284 g/mol. The molecule has 1 aromatic rings. The summed E-state index contributed by atoms with van der Waals surface area (Å²) >= 11 is 0. The highest BCUT2D eigenvalue weighted by molar-refractivity contribution is 5.79. The van der Waals surface area contributed by atoms with E-state index in [0.717, 1.165) is 30.4 Å². The Morgan fingerprint density at radius 1 is 1.32 bits per heavy atom. The fraction of sp³-hybridized carbons (Fsp3) is 0.667. The van der Waals surface area contributed by atoms with Gasteiger partial charge in [-0.05, 0) is 19.3 Å². The molecule has 1 aromatic heterocycles. The summed E-state index contributed by atoms with van der Waals surface area (Å²) in [5.74, 6) is 0.543. The number of carbonyl (C=O) groups is 1. The van der Waals surface area contributed by atoms with Gasteiger partial charge >= 0.3 is 5.69 Å². The number of carbonyl (C=O) groups excluding carboxylic acids is 1. The summed E-state index contributed by atoms with van der Waals surface area (Å²) in [6.07, 6.45) is 2.61. The van der Waals surface area contributed by atoms with E-state index in [1.54, 1.807) is 7.05 Å². The molecule has 0 aromatic carbocycles. The number of hydrogen-bond donors (Lipinski definition) is 1. The average Bonchev–Trinajstić information content (AvgIpc) is 2.54. The van der Waals surface area contributed by atoms with Gasteiger partial charge in [0.25, 0.3) is 5.56 Å². The lowest BCUT2D eigenvalue weighted by Crippen LogP contribution is -2.46. The van der Waals surface area contributed by atoms with Crippen LogP contribution in [0.5, 0.6) is 0 Å². The Hall–Kier alpha value is -2.05. The number of anilines is 1. The third-order valence-electron chi connectivity index (χ3n) is 4.17. The van der Waals surface area contributed by atoms with E-state index in [1.807, 2.05) is 11.8 Å². The van der Waals surface area contributed by atoms with Gasteiger partial charge in [-0.3, -0.25) is 18.7 Å². The van der Waals surface area contributed by atoms with Crippen molar-refractivity contribution in [3.8, 4) is 0 Å². The molecule has 1 N–H and O–H groups in total. The Labute approximate surface area is 129 Å². The zero-order chi connectivity index (χ0) is 16.3. The summed E-state index contributed by atoms with van der Waals surface area (Å²) in [5, 5.41) is 2.92. The van der Waals surface area contributed by atoms with Gasteiger partial charge in [0.05, 0.1) is 5.92 Å². The van der Waals surface area contributed by atoms with Crippen molar-refractivity contribution < 1.29 is 4.79 Å². The van der Waals surface area contributed by atoms with Crippen LogP contribution < -0.4 is 21.5 Å². The van der Waals surface area contributed by atoms with Crippen molar-refractivity contribution in [2.24, 2.45) is 20.0 Å². The van der Waals surface area contributed by atoms with Gasteiger partial charge in [0.2, 0.25) is 5.91 Å². The van der Waals surface area contributed by atoms with E-state index in [2.05, 4.69) is 5.32 Å². The molecule has 1 aliphatic heterocycles. The van der Waals surface area contributed by atoms with Crippen LogP contribution in [0.3, 0.4) is 0 Å². The first kappa shape index (κ1) is 16.3. The maximum Gasteiger partial charge on any atom is 0.332 e. The summed E-state index contributed by atoms with van der Waals surface area (Å²) in [4.78, 5) is 38.0. The van der Waals surface area contributed by atoms with Gasteiger partial charge in [-0.15, -0.1) is 0 Å². The molecule has 1 amide bonds. The Morgan fingerprint density at radius 2 is 2.05 bits per heavy atom. The minimum absolute atomic E-state index is 0.0559. The van der Waals surface area contributed by atoms with Gasteiger partial charge in [0, 0.05) is 39.8 Å². The Balaban J connectivity index is 2.21. The first-order chi connectivity index (χ1) is 10.5. The van der Waals surface area contributed by atoms with Crippen molar-refractivity contribution >= 4 is 11.7 Å². The molecule has 2 heterocycles. The number of hydrogen-bond acceptors (Lipinski definition) is 4. The summed E-state index contributed by atoms with van der Waals surface area (Å²) in [6.45, 7) is 3.98. The van der Waals surface area contributed by atoms with Gasteiger partial charge in [0.1, 0.15) is 5.82 Å². The van der Waals surface area contributed by atoms with Crippen LogP contribution in [-0.2, 0) is 18.9 Å². The normalized spacial score (nSPS) is 18.3. The minimum Gasteiger partial charge on any atom is -0.357 e. The summed E-state index contributed by atoms with van der Waals surface area (Å²) in [7, 11) is 3.11. The number of aromatic nitrogens is 2. The van der Waals surface area contributed by atoms with Crippen molar-refractivity contribution in [2.75, 3.05) is 24.5 Å². The Kier molecular flexibility index (Phi) is 5.05. The summed E-state index contributed by atoms with van der Waals surface area (Å²) in [6, 6.07) is 1.47. The van der Waals surface area contributed by atoms with Gasteiger partial charge in [0.15, 0.2) is 0 Å². The number of nitrogens with zero attached hydrogens (tertiary/aromatic N) is 3. The van der Waals surface area contributed by atoms with Crippen molar-refractivity contribution in [3.63, 3.8) is 0 Å². The number of piperidine rings is 1. The first-order valence-corrected chi connectivity index (χ1v) is 7.75. The molecule has 1 saturated heterocycles. The topological polar surface area (TPSA) is 76.3 Å². The minimum atomic E-state index is -0.347. The van der Waals surface area contributed by atoms with Crippen LogP contribution >= 0.6 is 0 Å². The van der Waals surface area contributed by atoms with Crippen LogP contribution in [0.15, 0.2) is 15.7 Å². The Morgan fingerprint density at radius 3 is 2.73 bits per heavy atom. The molecule has 0 bridgehead atoms. The largest absolute Gasteiger partial charge is 0.357 e. The van der Waals surface area contributed by atoms with Gasteiger partial charge in [-0.1, -0.05) is 6.92 Å². The Bertz CT molecular complexity index is 662. The van der Waals surface area contributed by atoms with E-state index in [4.69, 9.17) is 0 Å². The predicted octanol–water partition coefficient (Wildman–Crippen LogP) is -0.173. The van der Waals surface area contributed by atoms with Crippen LogP contribution in [0, 0.1) is 5.92 Å². The molecular formula is C15H24N4O3. The molecule has 0 spiro atoms. The predicted molar refractivity (Wildman–Crippen MR) is 85.2 cm³/mol. The second kappa shape index (κ2) is 6.81. The smallest absolute Gasteiger partial charge is 0.332 e. The number of nitrogens with one attached hydrogen (secondary N) is 1. The lowest BCUT2D eigenvalue weighted by atomic mass is 9.97. The lowest BCUT2D eigenvalue weighted by molar-refractivity contribution is -0.125. The highest BCUT2D eigenvalue weighted by Crippen LogP contribution is 2.21. The number of rotatable bonds is 4. The molecule has 7 nitrogen and oxygen atoms in total. The number of amides is 1. The van der Waals surface area contributed by atoms with Crippen LogP contribution in [-0.4, -0.2) is 34.7 Å². The fourth-order valence-electron chi connectivity index (χ4n) is 2.82. The molecule has 1 atom stereocenters. The van der Waals surface area contributed by atoms with E-state index in [-0.39, 0.29) is 23.1 Å². The molecule has 1 aliphatic rings. The van der Waals surface area contributed by atoms with Crippen LogP contribution in [0.25, 0.3) is 0 Å². The molecule has 22 heavy (non-hydrogen) atoms. The lowest BCUT2D eigenvalue weighted by Gasteiger charge is -2.34. The van der Waals surface area contributed by atoms with E-state index >= 15 is 0 Å². The second-order valence-electron chi connectivity index (χ2n) is 5.82. The van der Waals surface area contributed by atoms with Gasteiger partial charge in [-0.2, -0.15) is 0 Å².